The van der Waals surface area contributed by atoms with Crippen molar-refractivity contribution in [2.75, 3.05) is 12.8 Å². The molecule has 0 aliphatic carbocycles. The van der Waals surface area contributed by atoms with E-state index in [4.69, 9.17) is 15.2 Å². The van der Waals surface area contributed by atoms with Crippen LogP contribution in [0.2, 0.25) is 0 Å². The molecule has 0 fully saturated rings. The fourth-order valence-electron chi connectivity index (χ4n) is 2.54. The van der Waals surface area contributed by atoms with Gasteiger partial charge in [-0.1, -0.05) is 0 Å². The minimum absolute atomic E-state index is 0.0113. The molecule has 3 rings (SSSR count). The summed E-state index contributed by atoms with van der Waals surface area (Å²) in [5.41, 5.74) is 8.20. The van der Waals surface area contributed by atoms with Crippen LogP contribution in [0.5, 0.6) is 11.5 Å². The molecule has 9 heteroatoms. The average Bonchev–Trinajstić information content (AvgIpc) is 3.02. The van der Waals surface area contributed by atoms with Crippen molar-refractivity contribution >= 4 is 17.9 Å². The monoisotopic (exact) mass is 381 g/mol. The molecule has 3 aromatic rings. The summed E-state index contributed by atoms with van der Waals surface area (Å²) < 4.78 is 12.6. The number of rotatable bonds is 7. The first-order chi connectivity index (χ1) is 13.5. The van der Waals surface area contributed by atoms with Crippen molar-refractivity contribution in [1.82, 2.24) is 9.66 Å². The molecule has 2 N–H and O–H groups in total. The topological polar surface area (TPSA) is 118 Å². The number of nitrogens with two attached hydrogens (primary N) is 1. The van der Waals surface area contributed by atoms with E-state index in [0.717, 1.165) is 16.8 Å². The number of non-ortho nitro benzene ring substituents is 1. The van der Waals surface area contributed by atoms with Gasteiger partial charge in [-0.2, -0.15) is 5.10 Å². The van der Waals surface area contributed by atoms with Gasteiger partial charge in [-0.15, -0.1) is 0 Å². The number of aromatic nitrogens is 2. The van der Waals surface area contributed by atoms with Crippen molar-refractivity contribution < 1.29 is 14.4 Å². The van der Waals surface area contributed by atoms with E-state index in [-0.39, 0.29) is 12.3 Å². The molecule has 1 heterocycles. The summed E-state index contributed by atoms with van der Waals surface area (Å²) in [6, 6.07) is 11.5. The van der Waals surface area contributed by atoms with Crippen LogP contribution in [-0.2, 0) is 6.61 Å². The third kappa shape index (κ3) is 4.44. The summed E-state index contributed by atoms with van der Waals surface area (Å²) in [5, 5.41) is 15.0. The quantitative estimate of drug-likeness (QED) is 0.382. The Kier molecular flexibility index (Phi) is 5.54. The summed E-state index contributed by atoms with van der Waals surface area (Å²) in [5.74, 6) is 1.49. The Balaban J connectivity index is 1.75. The number of ether oxygens (including phenoxy) is 2. The average molecular weight is 381 g/mol. The molecule has 2 aromatic carbocycles. The van der Waals surface area contributed by atoms with Crippen molar-refractivity contribution in [1.29, 1.82) is 0 Å². The number of benzene rings is 2. The maximum atomic E-state index is 10.7. The van der Waals surface area contributed by atoms with Crippen LogP contribution in [0.3, 0.4) is 0 Å². The molecule has 0 unspecified atom stereocenters. The molecule has 28 heavy (non-hydrogen) atoms. The molecule has 0 spiro atoms. The van der Waals surface area contributed by atoms with Gasteiger partial charge in [0.1, 0.15) is 18.1 Å². The highest BCUT2D eigenvalue weighted by Gasteiger charge is 2.08. The highest BCUT2D eigenvalue weighted by molar-refractivity contribution is 5.80. The molecule has 144 valence electrons. The van der Waals surface area contributed by atoms with Crippen molar-refractivity contribution in [3.63, 3.8) is 0 Å². The third-order valence-electron chi connectivity index (χ3n) is 3.91. The number of nitro benzene ring substituents is 1. The van der Waals surface area contributed by atoms with Gasteiger partial charge in [0.15, 0.2) is 0 Å². The van der Waals surface area contributed by atoms with Gasteiger partial charge < -0.3 is 15.2 Å². The largest absolute Gasteiger partial charge is 0.496 e. The van der Waals surface area contributed by atoms with E-state index >= 15 is 0 Å². The van der Waals surface area contributed by atoms with E-state index in [2.05, 4.69) is 10.1 Å². The van der Waals surface area contributed by atoms with Crippen LogP contribution < -0.4 is 15.2 Å². The molecular weight excluding hydrogens is 362 g/mol. The van der Waals surface area contributed by atoms with Crippen LogP contribution in [0.15, 0.2) is 53.8 Å². The predicted octanol–water partition coefficient (Wildman–Crippen LogP) is 3.15. The summed E-state index contributed by atoms with van der Waals surface area (Å²) in [6.07, 6.45) is 3.39. The minimum Gasteiger partial charge on any atom is -0.496 e. The van der Waals surface area contributed by atoms with E-state index in [0.29, 0.717) is 17.4 Å². The zero-order chi connectivity index (χ0) is 20.1. The van der Waals surface area contributed by atoms with Crippen molar-refractivity contribution in [3.8, 4) is 11.5 Å². The Labute approximate surface area is 161 Å². The second kappa shape index (κ2) is 8.21. The van der Waals surface area contributed by atoms with Crippen LogP contribution in [0.1, 0.15) is 16.8 Å². The smallest absolute Gasteiger partial charge is 0.269 e. The van der Waals surface area contributed by atoms with Gasteiger partial charge in [-0.25, -0.2) is 9.66 Å². The summed E-state index contributed by atoms with van der Waals surface area (Å²) in [6.45, 7) is 2.07. The summed E-state index contributed by atoms with van der Waals surface area (Å²) in [7, 11) is 1.58. The summed E-state index contributed by atoms with van der Waals surface area (Å²) >= 11 is 0. The molecule has 0 aliphatic rings. The van der Waals surface area contributed by atoms with Crippen LogP contribution in [0.25, 0.3) is 0 Å². The minimum atomic E-state index is -0.454. The van der Waals surface area contributed by atoms with E-state index in [1.54, 1.807) is 31.7 Å². The molecule has 9 nitrogen and oxygen atoms in total. The van der Waals surface area contributed by atoms with E-state index in [1.807, 2.05) is 25.1 Å². The Morgan fingerprint density at radius 1 is 1.29 bits per heavy atom. The number of nitrogens with zero attached hydrogens (tertiary/aromatic N) is 4. The fourth-order valence-corrected chi connectivity index (χ4v) is 2.54. The van der Waals surface area contributed by atoms with E-state index < -0.39 is 4.92 Å². The summed E-state index contributed by atoms with van der Waals surface area (Å²) in [4.78, 5) is 14.4. The fraction of sp³-hybridized carbons (Fsp3) is 0.158. The van der Waals surface area contributed by atoms with Crippen molar-refractivity contribution in [2.45, 2.75) is 13.5 Å². The Hall–Kier alpha value is -3.88. The third-order valence-corrected chi connectivity index (χ3v) is 3.91. The van der Waals surface area contributed by atoms with Crippen molar-refractivity contribution in [3.05, 3.63) is 75.6 Å². The first-order valence-electron chi connectivity index (χ1n) is 8.36. The molecular formula is C19H19N5O4. The van der Waals surface area contributed by atoms with Gasteiger partial charge in [0.25, 0.3) is 5.69 Å². The maximum Gasteiger partial charge on any atom is 0.269 e. The lowest BCUT2D eigenvalue weighted by Crippen LogP contribution is -2.01. The lowest BCUT2D eigenvalue weighted by molar-refractivity contribution is -0.384. The van der Waals surface area contributed by atoms with Gasteiger partial charge in [0, 0.05) is 17.7 Å². The molecule has 0 aliphatic heterocycles. The SMILES string of the molecule is COc1ccc(C=Nn2cc(C)nc2N)cc1COc1ccc([N+](=O)[O-])cc1. The normalized spacial score (nSPS) is 10.9. The van der Waals surface area contributed by atoms with Gasteiger partial charge in [0.2, 0.25) is 5.95 Å². The van der Waals surface area contributed by atoms with Crippen LogP contribution >= 0.6 is 0 Å². The highest BCUT2D eigenvalue weighted by Crippen LogP contribution is 2.23. The molecule has 0 atom stereocenters. The van der Waals surface area contributed by atoms with Gasteiger partial charge in [-0.05, 0) is 42.8 Å². The number of hydrogen-bond donors (Lipinski definition) is 1. The predicted molar refractivity (Wildman–Crippen MR) is 105 cm³/mol. The number of aryl methyl sites for hydroxylation is 1. The number of nitro groups is 1. The Morgan fingerprint density at radius 2 is 2.04 bits per heavy atom. The van der Waals surface area contributed by atoms with Gasteiger partial charge >= 0.3 is 0 Å². The number of imidazole rings is 1. The number of nitrogen functional groups attached to an aromatic ring is 1. The molecule has 0 amide bonds. The van der Waals surface area contributed by atoms with Crippen LogP contribution in [-0.4, -0.2) is 27.9 Å². The van der Waals surface area contributed by atoms with Crippen LogP contribution in [0.4, 0.5) is 11.6 Å². The van der Waals surface area contributed by atoms with Gasteiger partial charge in [-0.3, -0.25) is 10.1 Å². The standard InChI is InChI=1S/C19H19N5O4/c1-13-11-23(19(20)22-13)21-10-14-3-8-18(27-2)15(9-14)12-28-17-6-4-16(5-7-17)24(25)26/h3-11H,12H2,1-2H3,(H2,20,22). The molecule has 0 bridgehead atoms. The first kappa shape index (κ1) is 18.9. The number of methoxy groups -OCH3 is 1. The zero-order valence-corrected chi connectivity index (χ0v) is 15.4. The highest BCUT2D eigenvalue weighted by atomic mass is 16.6. The van der Waals surface area contributed by atoms with Crippen molar-refractivity contribution in [2.24, 2.45) is 5.10 Å². The molecule has 0 saturated heterocycles. The molecule has 1 aromatic heterocycles. The lowest BCUT2D eigenvalue weighted by Gasteiger charge is -2.11. The number of anilines is 1. The van der Waals surface area contributed by atoms with E-state index in [1.165, 1.54) is 16.8 Å². The number of hydrogen-bond acceptors (Lipinski definition) is 7. The lowest BCUT2D eigenvalue weighted by atomic mass is 10.1. The van der Waals surface area contributed by atoms with Crippen LogP contribution in [0, 0.1) is 17.0 Å². The van der Waals surface area contributed by atoms with Gasteiger partial charge in [0.05, 0.1) is 30.1 Å². The second-order valence-electron chi connectivity index (χ2n) is 5.94. The second-order valence-corrected chi connectivity index (χ2v) is 5.94. The zero-order valence-electron chi connectivity index (χ0n) is 15.4. The van der Waals surface area contributed by atoms with E-state index in [9.17, 15) is 10.1 Å². The molecule has 0 saturated carbocycles. The Morgan fingerprint density at radius 3 is 2.64 bits per heavy atom. The Bertz CT molecular complexity index is 1010. The first-order valence-corrected chi connectivity index (χ1v) is 8.36. The molecule has 0 radical (unpaired) electrons. The maximum absolute atomic E-state index is 10.7.